The summed E-state index contributed by atoms with van der Waals surface area (Å²) >= 11 is 0. The molecule has 0 aliphatic heterocycles. The van der Waals surface area contributed by atoms with Crippen LogP contribution in [0.3, 0.4) is 0 Å². The van der Waals surface area contributed by atoms with Gasteiger partial charge in [0, 0.05) is 34.0 Å². The average molecular weight is 247 g/mol. The highest BCUT2D eigenvalue weighted by Crippen LogP contribution is 2.09. The summed E-state index contributed by atoms with van der Waals surface area (Å²) in [6, 6.07) is 0. The minimum absolute atomic E-state index is 0.302. The Bertz CT molecular complexity index is 451. The molecule has 0 fully saturated rings. The van der Waals surface area contributed by atoms with Gasteiger partial charge in [-0.3, -0.25) is 0 Å². The number of hydrogen-bond acceptors (Lipinski definition) is 4. The number of nitrogens with one attached hydrogen (secondary N) is 1. The summed E-state index contributed by atoms with van der Waals surface area (Å²) < 4.78 is 31.7. The lowest BCUT2D eigenvalue weighted by Crippen LogP contribution is -2.36. The quantitative estimate of drug-likeness (QED) is 0.808. The highest BCUT2D eigenvalue weighted by atomic mass is 32.2. The molecule has 1 rings (SSSR count). The normalized spacial score (nSPS) is 12.3. The molecular weight excluding hydrogens is 230 g/mol. The first-order valence-electron chi connectivity index (χ1n) is 4.93. The monoisotopic (exact) mass is 247 g/mol. The third-order valence-electron chi connectivity index (χ3n) is 2.12. The van der Waals surface area contributed by atoms with Crippen LogP contribution in [0.15, 0.2) is 4.42 Å². The zero-order valence-corrected chi connectivity index (χ0v) is 10.8. The summed E-state index contributed by atoms with van der Waals surface area (Å²) in [5, 5.41) is 0. The zero-order chi connectivity index (χ0) is 12.3. The van der Waals surface area contributed by atoms with E-state index < -0.39 is 10.2 Å². The van der Waals surface area contributed by atoms with Gasteiger partial charge in [0.05, 0.1) is 5.69 Å². The van der Waals surface area contributed by atoms with Gasteiger partial charge < -0.3 is 4.42 Å². The van der Waals surface area contributed by atoms with E-state index in [4.69, 9.17) is 4.42 Å². The molecule has 1 N–H and O–H groups in total. The molecule has 0 aromatic carbocycles. The molecule has 0 radical (unpaired) electrons. The number of rotatable bonds is 5. The first-order chi connectivity index (χ1) is 7.33. The van der Waals surface area contributed by atoms with Crippen LogP contribution in [0.2, 0.25) is 0 Å². The van der Waals surface area contributed by atoms with E-state index >= 15 is 0 Å². The predicted molar refractivity (Wildman–Crippen MR) is 60.3 cm³/mol. The van der Waals surface area contributed by atoms with E-state index in [9.17, 15) is 8.42 Å². The highest BCUT2D eigenvalue weighted by molar-refractivity contribution is 7.87. The molecule has 92 valence electrons. The van der Waals surface area contributed by atoms with E-state index in [1.54, 1.807) is 6.92 Å². The van der Waals surface area contributed by atoms with Gasteiger partial charge in [0.1, 0.15) is 5.76 Å². The molecule has 0 unspecified atom stereocenters. The van der Waals surface area contributed by atoms with Crippen LogP contribution in [-0.4, -0.2) is 38.3 Å². The lowest BCUT2D eigenvalue weighted by atomic mass is 10.3. The first kappa shape index (κ1) is 13.1. The molecule has 1 aromatic heterocycles. The van der Waals surface area contributed by atoms with Crippen LogP contribution in [0, 0.1) is 13.8 Å². The summed E-state index contributed by atoms with van der Waals surface area (Å²) in [5.41, 5.74) is 0.807. The van der Waals surface area contributed by atoms with Crippen LogP contribution in [0.4, 0.5) is 0 Å². The van der Waals surface area contributed by atoms with Gasteiger partial charge in [-0.05, 0) is 6.92 Å². The Morgan fingerprint density at radius 3 is 2.44 bits per heavy atom. The van der Waals surface area contributed by atoms with Crippen LogP contribution in [0.1, 0.15) is 17.3 Å². The Morgan fingerprint density at radius 1 is 1.38 bits per heavy atom. The number of hydrogen-bond donors (Lipinski definition) is 1. The van der Waals surface area contributed by atoms with Gasteiger partial charge in [-0.25, -0.2) is 9.71 Å². The van der Waals surface area contributed by atoms with Crippen LogP contribution < -0.4 is 4.72 Å². The van der Waals surface area contributed by atoms with Crippen LogP contribution in [-0.2, 0) is 16.6 Å². The maximum atomic E-state index is 11.4. The summed E-state index contributed by atoms with van der Waals surface area (Å²) in [4.78, 5) is 4.11. The van der Waals surface area contributed by atoms with Gasteiger partial charge in [0.2, 0.25) is 0 Å². The van der Waals surface area contributed by atoms with E-state index in [2.05, 4.69) is 9.71 Å². The lowest BCUT2D eigenvalue weighted by Gasteiger charge is -2.11. The molecule has 0 aliphatic carbocycles. The molecule has 0 saturated heterocycles. The maximum Gasteiger partial charge on any atom is 0.278 e. The lowest BCUT2D eigenvalue weighted by molar-refractivity contribution is 0.467. The fourth-order valence-electron chi connectivity index (χ4n) is 1.23. The summed E-state index contributed by atoms with van der Waals surface area (Å²) in [5.74, 6) is 1.32. The van der Waals surface area contributed by atoms with Gasteiger partial charge in [-0.2, -0.15) is 12.7 Å². The summed E-state index contributed by atoms with van der Waals surface area (Å²) in [7, 11) is -0.396. The van der Waals surface area contributed by atoms with E-state index in [0.717, 1.165) is 15.8 Å². The van der Waals surface area contributed by atoms with E-state index in [-0.39, 0.29) is 0 Å². The SMILES string of the molecule is Cc1nc(C)c(CCNS(=O)(=O)N(C)C)o1. The fourth-order valence-corrected chi connectivity index (χ4v) is 1.85. The van der Waals surface area contributed by atoms with Crippen LogP contribution in [0.25, 0.3) is 0 Å². The molecule has 0 saturated carbocycles. The fraction of sp³-hybridized carbons (Fsp3) is 0.667. The number of oxazole rings is 1. The first-order valence-corrected chi connectivity index (χ1v) is 6.37. The Kier molecular flexibility index (Phi) is 4.06. The van der Waals surface area contributed by atoms with Crippen molar-refractivity contribution >= 4 is 10.2 Å². The van der Waals surface area contributed by atoms with E-state index in [0.29, 0.717) is 18.9 Å². The number of aryl methyl sites for hydroxylation is 2. The summed E-state index contributed by atoms with van der Waals surface area (Å²) in [6.45, 7) is 3.91. The van der Waals surface area contributed by atoms with Gasteiger partial charge in [-0.15, -0.1) is 0 Å². The van der Waals surface area contributed by atoms with Crippen molar-refractivity contribution in [1.82, 2.24) is 14.0 Å². The molecule has 1 aromatic rings. The largest absolute Gasteiger partial charge is 0.446 e. The second-order valence-electron chi connectivity index (χ2n) is 3.67. The highest BCUT2D eigenvalue weighted by Gasteiger charge is 2.13. The number of nitrogens with zero attached hydrogens (tertiary/aromatic N) is 2. The molecule has 1 heterocycles. The Morgan fingerprint density at radius 2 is 2.00 bits per heavy atom. The average Bonchev–Trinajstić information content (AvgIpc) is 2.44. The van der Waals surface area contributed by atoms with Gasteiger partial charge in [0.15, 0.2) is 5.89 Å². The van der Waals surface area contributed by atoms with E-state index in [1.165, 1.54) is 14.1 Å². The second kappa shape index (κ2) is 4.94. The van der Waals surface area contributed by atoms with Crippen molar-refractivity contribution in [2.75, 3.05) is 20.6 Å². The Hall–Kier alpha value is -0.920. The van der Waals surface area contributed by atoms with Crippen molar-refractivity contribution in [2.24, 2.45) is 0 Å². The molecule has 16 heavy (non-hydrogen) atoms. The van der Waals surface area contributed by atoms with Crippen molar-refractivity contribution in [3.05, 3.63) is 17.3 Å². The predicted octanol–water partition coefficient (Wildman–Crippen LogP) is 0.230. The van der Waals surface area contributed by atoms with Crippen molar-refractivity contribution < 1.29 is 12.8 Å². The van der Waals surface area contributed by atoms with E-state index in [1.807, 2.05) is 6.92 Å². The molecule has 0 spiro atoms. The van der Waals surface area contributed by atoms with Crippen molar-refractivity contribution in [2.45, 2.75) is 20.3 Å². The Labute approximate surface area is 95.8 Å². The second-order valence-corrected chi connectivity index (χ2v) is 5.64. The third kappa shape index (κ3) is 3.29. The third-order valence-corrected chi connectivity index (χ3v) is 3.65. The standard InChI is InChI=1S/C9H17N3O3S/c1-7-9(15-8(2)11-7)5-6-10-16(13,14)12(3)4/h10H,5-6H2,1-4H3. The minimum Gasteiger partial charge on any atom is -0.446 e. The molecule has 7 heteroatoms. The van der Waals surface area contributed by atoms with Crippen LogP contribution >= 0.6 is 0 Å². The molecular formula is C9H17N3O3S. The topological polar surface area (TPSA) is 75.4 Å². The van der Waals surface area contributed by atoms with Crippen molar-refractivity contribution in [3.63, 3.8) is 0 Å². The molecule has 0 atom stereocenters. The van der Waals surface area contributed by atoms with Crippen molar-refractivity contribution in [3.8, 4) is 0 Å². The maximum absolute atomic E-state index is 11.4. The molecule has 0 amide bonds. The van der Waals surface area contributed by atoms with Crippen LogP contribution in [0.5, 0.6) is 0 Å². The zero-order valence-electron chi connectivity index (χ0n) is 9.94. The van der Waals surface area contributed by atoms with Gasteiger partial charge >= 0.3 is 0 Å². The van der Waals surface area contributed by atoms with Crippen molar-refractivity contribution in [1.29, 1.82) is 0 Å². The molecule has 0 aliphatic rings. The smallest absolute Gasteiger partial charge is 0.278 e. The Balaban J connectivity index is 2.51. The molecule has 6 nitrogen and oxygen atoms in total. The van der Waals surface area contributed by atoms with Gasteiger partial charge in [0.25, 0.3) is 10.2 Å². The number of aromatic nitrogens is 1. The van der Waals surface area contributed by atoms with Gasteiger partial charge in [-0.1, -0.05) is 0 Å². The molecule has 0 bridgehead atoms. The summed E-state index contributed by atoms with van der Waals surface area (Å²) in [6.07, 6.45) is 0.500. The minimum atomic E-state index is -3.35.